The Bertz CT molecular complexity index is 252. The van der Waals surface area contributed by atoms with E-state index in [-0.39, 0.29) is 30.5 Å². The molecule has 4 heteroatoms. The third kappa shape index (κ3) is 3.19. The average Bonchev–Trinajstić information content (AvgIpc) is 2.71. The minimum Gasteiger partial charge on any atom is -0.463 e. The summed E-state index contributed by atoms with van der Waals surface area (Å²) in [6.45, 7) is 10.9. The van der Waals surface area contributed by atoms with Gasteiger partial charge < -0.3 is 14.2 Å². The molecule has 0 aromatic carbocycles. The predicted molar refractivity (Wildman–Crippen MR) is 64.5 cm³/mol. The highest BCUT2D eigenvalue weighted by Gasteiger charge is 2.46. The van der Waals surface area contributed by atoms with Gasteiger partial charge in [0.2, 0.25) is 0 Å². The van der Waals surface area contributed by atoms with Gasteiger partial charge in [0, 0.05) is 18.3 Å². The van der Waals surface area contributed by atoms with Gasteiger partial charge in [0.05, 0.1) is 6.61 Å². The first-order valence-electron chi connectivity index (χ1n) is 6.39. The minimum atomic E-state index is -0.538. The van der Waals surface area contributed by atoms with E-state index in [1.807, 2.05) is 0 Å². The van der Waals surface area contributed by atoms with E-state index in [4.69, 9.17) is 14.2 Å². The number of rotatable bonds is 5. The zero-order valence-electron chi connectivity index (χ0n) is 11.5. The first-order valence-corrected chi connectivity index (χ1v) is 6.39. The number of esters is 1. The smallest absolute Gasteiger partial charge is 0.305 e. The summed E-state index contributed by atoms with van der Waals surface area (Å²) in [7, 11) is 0. The predicted octanol–water partition coefficient (Wildman–Crippen LogP) is 2.36. The molecule has 100 valence electrons. The molecule has 1 rings (SSSR count). The molecule has 0 aromatic heterocycles. The lowest BCUT2D eigenvalue weighted by molar-refractivity contribution is -0.228. The molecule has 0 bridgehead atoms. The van der Waals surface area contributed by atoms with Crippen LogP contribution in [-0.4, -0.2) is 31.1 Å². The first kappa shape index (κ1) is 14.5. The van der Waals surface area contributed by atoms with Crippen molar-refractivity contribution in [1.29, 1.82) is 0 Å². The summed E-state index contributed by atoms with van der Waals surface area (Å²) in [5.41, 5.74) is 0. The second kappa shape index (κ2) is 5.83. The van der Waals surface area contributed by atoms with Crippen molar-refractivity contribution in [3.63, 3.8) is 0 Å². The van der Waals surface area contributed by atoms with Gasteiger partial charge in [-0.15, -0.1) is 0 Å². The van der Waals surface area contributed by atoms with Crippen LogP contribution in [0.2, 0.25) is 0 Å². The van der Waals surface area contributed by atoms with E-state index in [2.05, 4.69) is 27.7 Å². The number of carbonyl (C=O) groups excluding carboxylic acids is 1. The fourth-order valence-corrected chi connectivity index (χ4v) is 2.19. The molecule has 0 amide bonds. The molecule has 1 aliphatic heterocycles. The summed E-state index contributed by atoms with van der Waals surface area (Å²) in [5, 5.41) is 0. The zero-order chi connectivity index (χ0) is 13.1. The Labute approximate surface area is 104 Å². The van der Waals surface area contributed by atoms with Crippen LogP contribution in [0.4, 0.5) is 0 Å². The molecule has 1 fully saturated rings. The molecule has 1 atom stereocenters. The van der Waals surface area contributed by atoms with Gasteiger partial charge in [0.1, 0.15) is 12.7 Å². The number of hydrogen-bond donors (Lipinski definition) is 0. The summed E-state index contributed by atoms with van der Waals surface area (Å²) in [6, 6.07) is 0. The Balaban J connectivity index is 2.52. The SMILES string of the molecule is CCC(=O)OC[C@@H]1COC(C(C)C)(C(C)C)O1. The highest BCUT2D eigenvalue weighted by Crippen LogP contribution is 2.37. The largest absolute Gasteiger partial charge is 0.463 e. The van der Waals surface area contributed by atoms with E-state index in [1.54, 1.807) is 6.92 Å². The second-order valence-electron chi connectivity index (χ2n) is 5.12. The van der Waals surface area contributed by atoms with E-state index >= 15 is 0 Å². The lowest BCUT2D eigenvalue weighted by atomic mass is 9.91. The molecule has 17 heavy (non-hydrogen) atoms. The van der Waals surface area contributed by atoms with Gasteiger partial charge in [-0.05, 0) is 0 Å². The van der Waals surface area contributed by atoms with Crippen molar-refractivity contribution in [2.45, 2.75) is 52.9 Å². The quantitative estimate of drug-likeness (QED) is 0.696. The number of carbonyl (C=O) groups is 1. The van der Waals surface area contributed by atoms with Crippen molar-refractivity contribution in [1.82, 2.24) is 0 Å². The summed E-state index contributed by atoms with van der Waals surface area (Å²) in [5.74, 6) is -0.188. The van der Waals surface area contributed by atoms with Gasteiger partial charge in [0.25, 0.3) is 0 Å². The maximum absolute atomic E-state index is 11.1. The molecule has 1 heterocycles. The van der Waals surface area contributed by atoms with Crippen molar-refractivity contribution < 1.29 is 19.0 Å². The molecule has 4 nitrogen and oxygen atoms in total. The molecule has 0 unspecified atom stereocenters. The van der Waals surface area contributed by atoms with E-state index in [9.17, 15) is 4.79 Å². The standard InChI is InChI=1S/C13H24O4/c1-6-12(14)15-7-11-8-16-13(17-11,9(2)3)10(4)5/h9-11H,6-8H2,1-5H3/t11-/m1/s1. The minimum absolute atomic E-state index is 0.143. The van der Waals surface area contributed by atoms with Gasteiger partial charge in [-0.2, -0.15) is 0 Å². The average molecular weight is 244 g/mol. The van der Waals surface area contributed by atoms with Crippen LogP contribution in [0.5, 0.6) is 0 Å². The molecule has 1 saturated heterocycles. The third-order valence-electron chi connectivity index (χ3n) is 3.17. The van der Waals surface area contributed by atoms with Crippen LogP contribution in [0.3, 0.4) is 0 Å². The summed E-state index contributed by atoms with van der Waals surface area (Å²) in [6.07, 6.45) is 0.253. The van der Waals surface area contributed by atoms with Crippen LogP contribution in [0.1, 0.15) is 41.0 Å². The van der Waals surface area contributed by atoms with E-state index in [1.165, 1.54) is 0 Å². The van der Waals surface area contributed by atoms with Gasteiger partial charge in [-0.1, -0.05) is 34.6 Å². The Hall–Kier alpha value is -0.610. The van der Waals surface area contributed by atoms with Crippen LogP contribution < -0.4 is 0 Å². The van der Waals surface area contributed by atoms with Gasteiger partial charge >= 0.3 is 5.97 Å². The van der Waals surface area contributed by atoms with E-state index in [0.29, 0.717) is 13.0 Å². The van der Waals surface area contributed by atoms with E-state index in [0.717, 1.165) is 0 Å². The molecule has 1 aliphatic rings. The zero-order valence-corrected chi connectivity index (χ0v) is 11.5. The lowest BCUT2D eigenvalue weighted by Crippen LogP contribution is -2.42. The van der Waals surface area contributed by atoms with Gasteiger partial charge in [-0.25, -0.2) is 0 Å². The Morgan fingerprint density at radius 3 is 2.35 bits per heavy atom. The topological polar surface area (TPSA) is 44.8 Å². The van der Waals surface area contributed by atoms with Gasteiger partial charge in [-0.3, -0.25) is 4.79 Å². The van der Waals surface area contributed by atoms with E-state index < -0.39 is 5.79 Å². The molecule has 0 aliphatic carbocycles. The molecule has 0 radical (unpaired) electrons. The number of ether oxygens (including phenoxy) is 3. The van der Waals surface area contributed by atoms with Crippen molar-refractivity contribution >= 4 is 5.97 Å². The fraction of sp³-hybridized carbons (Fsp3) is 0.923. The summed E-state index contributed by atoms with van der Waals surface area (Å²) < 4.78 is 16.9. The normalized spacial score (nSPS) is 23.4. The monoisotopic (exact) mass is 244 g/mol. The third-order valence-corrected chi connectivity index (χ3v) is 3.17. The second-order valence-corrected chi connectivity index (χ2v) is 5.12. The Morgan fingerprint density at radius 1 is 1.35 bits per heavy atom. The molecule has 0 aromatic rings. The van der Waals surface area contributed by atoms with Crippen molar-refractivity contribution in [3.8, 4) is 0 Å². The van der Waals surface area contributed by atoms with Crippen LogP contribution >= 0.6 is 0 Å². The first-order chi connectivity index (χ1) is 7.92. The fourth-order valence-electron chi connectivity index (χ4n) is 2.19. The van der Waals surface area contributed by atoms with Crippen LogP contribution in [0, 0.1) is 11.8 Å². The highest BCUT2D eigenvalue weighted by atomic mass is 16.8. The maximum Gasteiger partial charge on any atom is 0.305 e. The van der Waals surface area contributed by atoms with Crippen LogP contribution in [-0.2, 0) is 19.0 Å². The Kier molecular flexibility index (Phi) is 4.95. The summed E-state index contributed by atoms with van der Waals surface area (Å²) in [4.78, 5) is 11.1. The van der Waals surface area contributed by atoms with Crippen LogP contribution in [0.25, 0.3) is 0 Å². The molecule has 0 saturated carbocycles. The number of hydrogen-bond acceptors (Lipinski definition) is 4. The lowest BCUT2D eigenvalue weighted by Gasteiger charge is -2.35. The van der Waals surface area contributed by atoms with Crippen molar-refractivity contribution in [3.05, 3.63) is 0 Å². The molecule has 0 N–H and O–H groups in total. The maximum atomic E-state index is 11.1. The molecular formula is C13H24O4. The van der Waals surface area contributed by atoms with Gasteiger partial charge in [0.15, 0.2) is 5.79 Å². The molecular weight excluding hydrogens is 220 g/mol. The summed E-state index contributed by atoms with van der Waals surface area (Å²) >= 11 is 0. The highest BCUT2D eigenvalue weighted by molar-refractivity contribution is 5.68. The van der Waals surface area contributed by atoms with Crippen LogP contribution in [0.15, 0.2) is 0 Å². The van der Waals surface area contributed by atoms with Crippen molar-refractivity contribution in [2.75, 3.05) is 13.2 Å². The molecule has 0 spiro atoms. The Morgan fingerprint density at radius 2 is 1.94 bits per heavy atom. The van der Waals surface area contributed by atoms with Crippen molar-refractivity contribution in [2.24, 2.45) is 11.8 Å².